The third kappa shape index (κ3) is 2.76. The summed E-state index contributed by atoms with van der Waals surface area (Å²) in [6, 6.07) is 0. The van der Waals surface area contributed by atoms with E-state index in [-0.39, 0.29) is 6.09 Å². The Kier molecular flexibility index (Phi) is 4.30. The van der Waals surface area contributed by atoms with Crippen molar-refractivity contribution in [3.05, 3.63) is 19.4 Å². The number of nitrogens with zero attached hydrogens (tertiary/aromatic N) is 1. The van der Waals surface area contributed by atoms with Crippen LogP contribution in [-0.4, -0.2) is 33.6 Å². The number of carbonyl (C=O) groups excluding carboxylic acids is 1. The number of aryl methyl sites for hydroxylation is 1. The molecule has 0 N–H and O–H groups in total. The van der Waals surface area contributed by atoms with Gasteiger partial charge in [0.1, 0.15) is 0 Å². The van der Waals surface area contributed by atoms with Crippen molar-refractivity contribution in [2.24, 2.45) is 0 Å². The maximum atomic E-state index is 11.8. The fraction of sp³-hybridized carbons (Fsp3) is 0.583. The molecule has 0 spiro atoms. The zero-order valence-electron chi connectivity index (χ0n) is 10.5. The SMILES string of the molecule is CCOC(=O)N1CCc2scc(C)c2I(C)C1. The Hall–Kier alpha value is -0.300. The zero-order chi connectivity index (χ0) is 12.4. The van der Waals surface area contributed by atoms with Crippen molar-refractivity contribution in [2.75, 3.05) is 22.6 Å². The third-order valence-electron chi connectivity index (χ3n) is 2.75. The number of hydrogen-bond donors (Lipinski definition) is 0. The van der Waals surface area contributed by atoms with Crippen LogP contribution in [0.15, 0.2) is 5.38 Å². The quantitative estimate of drug-likeness (QED) is 0.433. The van der Waals surface area contributed by atoms with E-state index in [1.807, 2.05) is 23.2 Å². The Labute approximate surface area is 114 Å². The van der Waals surface area contributed by atoms with Gasteiger partial charge in [-0.2, -0.15) is 0 Å². The van der Waals surface area contributed by atoms with E-state index in [2.05, 4.69) is 17.2 Å². The fourth-order valence-corrected chi connectivity index (χ4v) is 9.50. The predicted molar refractivity (Wildman–Crippen MR) is 80.0 cm³/mol. The van der Waals surface area contributed by atoms with Gasteiger partial charge in [0.25, 0.3) is 0 Å². The number of rotatable bonds is 1. The van der Waals surface area contributed by atoms with Crippen molar-refractivity contribution in [1.29, 1.82) is 0 Å². The molecule has 1 aromatic heterocycles. The van der Waals surface area contributed by atoms with Gasteiger partial charge in [-0.3, -0.25) is 0 Å². The number of fused-ring (bicyclic) bond motifs is 1. The molecule has 3 nitrogen and oxygen atoms in total. The summed E-state index contributed by atoms with van der Waals surface area (Å²) in [5, 5.41) is 2.26. The molecule has 0 atom stereocenters. The van der Waals surface area contributed by atoms with Crippen LogP contribution >= 0.6 is 31.2 Å². The van der Waals surface area contributed by atoms with Crippen LogP contribution in [-0.2, 0) is 11.2 Å². The molecule has 0 aromatic carbocycles. The Morgan fingerprint density at radius 1 is 1.65 bits per heavy atom. The predicted octanol–water partition coefficient (Wildman–Crippen LogP) is 3.33. The van der Waals surface area contributed by atoms with Crippen molar-refractivity contribution in [3.8, 4) is 0 Å². The van der Waals surface area contributed by atoms with Gasteiger partial charge in [0, 0.05) is 0 Å². The molecule has 1 aliphatic rings. The standard InChI is InChI=1S/C12H18INO2S/c1-4-16-12(15)14-6-5-10-11(13(3)8-14)9(2)7-17-10/h7H,4-6,8H2,1-3H3. The van der Waals surface area contributed by atoms with E-state index in [4.69, 9.17) is 4.74 Å². The van der Waals surface area contributed by atoms with Gasteiger partial charge in [-0.15, -0.1) is 0 Å². The van der Waals surface area contributed by atoms with Gasteiger partial charge in [0.2, 0.25) is 0 Å². The summed E-state index contributed by atoms with van der Waals surface area (Å²) in [5.74, 6) is 0. The van der Waals surface area contributed by atoms with E-state index in [9.17, 15) is 4.79 Å². The number of halogens is 1. The molecule has 17 heavy (non-hydrogen) atoms. The second-order valence-corrected chi connectivity index (χ2v) is 10.2. The summed E-state index contributed by atoms with van der Waals surface area (Å²) < 4.78 is 7.63. The van der Waals surface area contributed by atoms with Crippen molar-refractivity contribution in [3.63, 3.8) is 0 Å². The van der Waals surface area contributed by atoms with E-state index < -0.39 is 19.8 Å². The van der Waals surface area contributed by atoms with Crippen molar-refractivity contribution in [1.82, 2.24) is 4.90 Å². The van der Waals surface area contributed by atoms with Gasteiger partial charge in [-0.05, 0) is 0 Å². The molecule has 0 unspecified atom stereocenters. The first-order chi connectivity index (χ1) is 8.13. The molecule has 5 heteroatoms. The number of carbonyl (C=O) groups is 1. The van der Waals surface area contributed by atoms with E-state index in [0.717, 1.165) is 17.5 Å². The summed E-state index contributed by atoms with van der Waals surface area (Å²) in [5.41, 5.74) is 1.43. The molecule has 0 fully saturated rings. The first-order valence-electron chi connectivity index (χ1n) is 5.68. The average molecular weight is 367 g/mol. The summed E-state index contributed by atoms with van der Waals surface area (Å²) in [7, 11) is 0. The molecule has 2 rings (SSSR count). The molecular weight excluding hydrogens is 349 g/mol. The second-order valence-electron chi connectivity index (χ2n) is 4.08. The number of hydrogen-bond acceptors (Lipinski definition) is 3. The van der Waals surface area contributed by atoms with Crippen molar-refractivity contribution < 1.29 is 9.53 Å². The minimum absolute atomic E-state index is 0.135. The monoisotopic (exact) mass is 367 g/mol. The average Bonchev–Trinajstić information content (AvgIpc) is 2.56. The van der Waals surface area contributed by atoms with Gasteiger partial charge in [-0.25, -0.2) is 0 Å². The molecule has 2 heterocycles. The Bertz CT molecular complexity index is 419. The van der Waals surface area contributed by atoms with Crippen LogP contribution in [0.25, 0.3) is 0 Å². The molecule has 0 radical (unpaired) electrons. The van der Waals surface area contributed by atoms with Gasteiger partial charge < -0.3 is 0 Å². The van der Waals surface area contributed by atoms with Crippen LogP contribution in [0.2, 0.25) is 0 Å². The number of amides is 1. The molecule has 0 bridgehead atoms. The van der Waals surface area contributed by atoms with E-state index in [1.165, 1.54) is 10.4 Å². The molecule has 0 saturated carbocycles. The van der Waals surface area contributed by atoms with E-state index in [0.29, 0.717) is 6.61 Å². The van der Waals surface area contributed by atoms with Gasteiger partial charge >= 0.3 is 114 Å². The van der Waals surface area contributed by atoms with E-state index >= 15 is 0 Å². The Morgan fingerprint density at radius 2 is 2.41 bits per heavy atom. The maximum absolute atomic E-state index is 11.8. The van der Waals surface area contributed by atoms with Gasteiger partial charge in [0.15, 0.2) is 0 Å². The Balaban J connectivity index is 2.15. The van der Waals surface area contributed by atoms with Crippen molar-refractivity contribution >= 4 is 37.2 Å². The van der Waals surface area contributed by atoms with Crippen LogP contribution in [0, 0.1) is 10.5 Å². The normalized spacial score (nSPS) is 17.6. The first-order valence-corrected chi connectivity index (χ1v) is 11.3. The summed E-state index contributed by atoms with van der Waals surface area (Å²) >= 11 is 0.641. The topological polar surface area (TPSA) is 29.5 Å². The number of alkyl halides is 2. The van der Waals surface area contributed by atoms with Crippen LogP contribution in [0.4, 0.5) is 4.79 Å². The van der Waals surface area contributed by atoms with Crippen LogP contribution < -0.4 is 0 Å². The van der Waals surface area contributed by atoms with Gasteiger partial charge in [0.05, 0.1) is 0 Å². The molecule has 0 saturated heterocycles. The molecular formula is C12H18INO2S. The second kappa shape index (κ2) is 5.56. The van der Waals surface area contributed by atoms with Crippen LogP contribution in [0.1, 0.15) is 17.4 Å². The van der Waals surface area contributed by atoms with E-state index in [1.54, 1.807) is 3.57 Å². The van der Waals surface area contributed by atoms with Gasteiger partial charge in [-0.1, -0.05) is 0 Å². The third-order valence-corrected chi connectivity index (χ3v) is 9.47. The number of thiophene rings is 1. The van der Waals surface area contributed by atoms with Crippen molar-refractivity contribution in [2.45, 2.75) is 20.3 Å². The number of ether oxygens (including phenoxy) is 1. The molecule has 0 aliphatic carbocycles. The fourth-order valence-electron chi connectivity index (χ4n) is 2.01. The molecule has 96 valence electrons. The first kappa shape index (κ1) is 13.1. The van der Waals surface area contributed by atoms with Crippen LogP contribution in [0.3, 0.4) is 0 Å². The van der Waals surface area contributed by atoms with Crippen LogP contribution in [0.5, 0.6) is 0 Å². The zero-order valence-corrected chi connectivity index (χ0v) is 13.4. The molecule has 1 amide bonds. The Morgan fingerprint density at radius 3 is 3.12 bits per heavy atom. The summed E-state index contributed by atoms with van der Waals surface area (Å²) in [6.07, 6.45) is 0.860. The molecule has 1 aromatic rings. The summed E-state index contributed by atoms with van der Waals surface area (Å²) in [4.78, 5) is 17.5. The summed E-state index contributed by atoms with van der Waals surface area (Å²) in [6.45, 7) is 5.34. The molecule has 1 aliphatic heterocycles. The minimum atomic E-state index is -1.22.